The fraction of sp³-hybridized carbons (Fsp3) is 0. The maximum Gasteiger partial charge on any atom is 0.248 e. The summed E-state index contributed by atoms with van der Waals surface area (Å²) in [7, 11) is 0. The number of aromatic nitrogens is 2. The third-order valence-electron chi connectivity index (χ3n) is 2.95. The SMILES string of the molecule is O=C(/C=C/c1ccccn1)Nc1cnc2ccccc2c1. The molecule has 0 aliphatic rings. The van der Waals surface area contributed by atoms with Crippen molar-refractivity contribution in [3.8, 4) is 0 Å². The van der Waals surface area contributed by atoms with E-state index in [1.165, 1.54) is 6.08 Å². The number of nitrogens with one attached hydrogen (secondary N) is 1. The van der Waals surface area contributed by atoms with Gasteiger partial charge in [-0.2, -0.15) is 0 Å². The Balaban J connectivity index is 1.73. The monoisotopic (exact) mass is 275 g/mol. The minimum atomic E-state index is -0.210. The van der Waals surface area contributed by atoms with Gasteiger partial charge in [0.05, 0.1) is 23.1 Å². The van der Waals surface area contributed by atoms with Gasteiger partial charge in [0.1, 0.15) is 0 Å². The van der Waals surface area contributed by atoms with Gasteiger partial charge in [-0.25, -0.2) is 0 Å². The van der Waals surface area contributed by atoms with Crippen LogP contribution in [-0.4, -0.2) is 15.9 Å². The molecule has 0 aliphatic carbocycles. The Hall–Kier alpha value is -3.01. The van der Waals surface area contributed by atoms with Gasteiger partial charge in [0.25, 0.3) is 0 Å². The number of carbonyl (C=O) groups is 1. The van der Waals surface area contributed by atoms with Crippen LogP contribution in [0.25, 0.3) is 17.0 Å². The van der Waals surface area contributed by atoms with Crippen molar-refractivity contribution in [1.29, 1.82) is 0 Å². The molecule has 3 aromatic rings. The fourth-order valence-electron chi connectivity index (χ4n) is 1.96. The molecule has 2 aromatic heterocycles. The predicted octanol–water partition coefficient (Wildman–Crippen LogP) is 3.28. The summed E-state index contributed by atoms with van der Waals surface area (Å²) in [6.45, 7) is 0. The number of hydrogen-bond donors (Lipinski definition) is 1. The Morgan fingerprint density at radius 3 is 2.76 bits per heavy atom. The molecule has 4 heteroatoms. The molecular formula is C17H13N3O. The fourth-order valence-corrected chi connectivity index (χ4v) is 1.96. The average Bonchev–Trinajstić information content (AvgIpc) is 2.54. The number of nitrogens with zero attached hydrogens (tertiary/aromatic N) is 2. The Kier molecular flexibility index (Phi) is 3.69. The Morgan fingerprint density at radius 1 is 1.05 bits per heavy atom. The normalized spacial score (nSPS) is 10.9. The Labute approximate surface area is 122 Å². The van der Waals surface area contributed by atoms with Crippen molar-refractivity contribution in [3.05, 3.63) is 72.7 Å². The number of rotatable bonds is 3. The lowest BCUT2D eigenvalue weighted by Crippen LogP contribution is -2.08. The van der Waals surface area contributed by atoms with E-state index in [1.807, 2.05) is 48.5 Å². The van der Waals surface area contributed by atoms with Gasteiger partial charge in [0.2, 0.25) is 5.91 Å². The molecule has 1 aromatic carbocycles. The van der Waals surface area contributed by atoms with Crippen molar-refractivity contribution >= 4 is 28.6 Å². The van der Waals surface area contributed by atoms with Gasteiger partial charge in [-0.1, -0.05) is 24.3 Å². The van der Waals surface area contributed by atoms with Crippen LogP contribution >= 0.6 is 0 Å². The minimum Gasteiger partial charge on any atom is -0.321 e. The van der Waals surface area contributed by atoms with E-state index in [-0.39, 0.29) is 5.91 Å². The first kappa shape index (κ1) is 13.0. The zero-order valence-electron chi connectivity index (χ0n) is 11.2. The van der Waals surface area contributed by atoms with E-state index in [2.05, 4.69) is 15.3 Å². The summed E-state index contributed by atoms with van der Waals surface area (Å²) in [5.41, 5.74) is 2.31. The Bertz CT molecular complexity index is 797. The molecule has 0 unspecified atom stereocenters. The van der Waals surface area contributed by atoms with Crippen LogP contribution in [0.2, 0.25) is 0 Å². The molecule has 3 rings (SSSR count). The first-order valence-corrected chi connectivity index (χ1v) is 6.56. The lowest BCUT2D eigenvalue weighted by molar-refractivity contribution is -0.111. The molecule has 2 heterocycles. The minimum absolute atomic E-state index is 0.210. The number of anilines is 1. The molecule has 4 nitrogen and oxygen atoms in total. The van der Waals surface area contributed by atoms with E-state index >= 15 is 0 Å². The summed E-state index contributed by atoms with van der Waals surface area (Å²) >= 11 is 0. The van der Waals surface area contributed by atoms with Gasteiger partial charge < -0.3 is 5.32 Å². The summed E-state index contributed by atoms with van der Waals surface area (Å²) in [5, 5.41) is 3.78. The molecule has 0 radical (unpaired) electrons. The number of hydrogen-bond acceptors (Lipinski definition) is 3. The van der Waals surface area contributed by atoms with E-state index in [0.29, 0.717) is 5.69 Å². The van der Waals surface area contributed by atoms with Crippen LogP contribution in [0.15, 0.2) is 67.0 Å². The summed E-state index contributed by atoms with van der Waals surface area (Å²) in [6.07, 6.45) is 6.46. The van der Waals surface area contributed by atoms with Crippen molar-refractivity contribution in [3.63, 3.8) is 0 Å². The standard InChI is InChI=1S/C17H13N3O/c21-17(9-8-14-6-3-4-10-18-14)20-15-11-13-5-1-2-7-16(13)19-12-15/h1-12H,(H,20,21)/b9-8+. The smallest absolute Gasteiger partial charge is 0.248 e. The van der Waals surface area contributed by atoms with E-state index in [0.717, 1.165) is 16.6 Å². The zero-order valence-corrected chi connectivity index (χ0v) is 11.2. The molecule has 1 amide bonds. The maximum absolute atomic E-state index is 11.9. The topological polar surface area (TPSA) is 54.9 Å². The summed E-state index contributed by atoms with van der Waals surface area (Å²) in [6, 6.07) is 15.2. The van der Waals surface area contributed by atoms with E-state index < -0.39 is 0 Å². The van der Waals surface area contributed by atoms with Crippen molar-refractivity contribution < 1.29 is 4.79 Å². The number of amides is 1. The lowest BCUT2D eigenvalue weighted by Gasteiger charge is -2.03. The first-order valence-electron chi connectivity index (χ1n) is 6.56. The lowest BCUT2D eigenvalue weighted by atomic mass is 10.2. The van der Waals surface area contributed by atoms with Crippen LogP contribution in [0.3, 0.4) is 0 Å². The van der Waals surface area contributed by atoms with Gasteiger partial charge in [-0.15, -0.1) is 0 Å². The molecule has 0 aliphatic heterocycles. The summed E-state index contributed by atoms with van der Waals surface area (Å²) in [5.74, 6) is -0.210. The predicted molar refractivity (Wildman–Crippen MR) is 83.6 cm³/mol. The van der Waals surface area contributed by atoms with Crippen molar-refractivity contribution in [2.24, 2.45) is 0 Å². The largest absolute Gasteiger partial charge is 0.321 e. The van der Waals surface area contributed by atoms with Gasteiger partial charge in [-0.05, 0) is 30.3 Å². The molecule has 1 N–H and O–H groups in total. The van der Waals surface area contributed by atoms with Crippen LogP contribution in [0.1, 0.15) is 5.69 Å². The number of fused-ring (bicyclic) bond motifs is 1. The van der Waals surface area contributed by atoms with Gasteiger partial charge in [0.15, 0.2) is 0 Å². The molecule has 0 bridgehead atoms. The van der Waals surface area contributed by atoms with Crippen molar-refractivity contribution in [2.45, 2.75) is 0 Å². The van der Waals surface area contributed by atoms with Gasteiger partial charge >= 0.3 is 0 Å². The molecule has 0 saturated carbocycles. The number of pyridine rings is 2. The first-order chi connectivity index (χ1) is 10.3. The van der Waals surface area contributed by atoms with Gasteiger partial charge in [0, 0.05) is 17.7 Å². The number of para-hydroxylation sites is 1. The second-order valence-corrected chi connectivity index (χ2v) is 4.49. The number of carbonyl (C=O) groups excluding carboxylic acids is 1. The second kappa shape index (κ2) is 5.96. The number of benzene rings is 1. The maximum atomic E-state index is 11.9. The van der Waals surface area contributed by atoms with Crippen LogP contribution in [0.5, 0.6) is 0 Å². The van der Waals surface area contributed by atoms with Crippen molar-refractivity contribution in [1.82, 2.24) is 9.97 Å². The third-order valence-corrected chi connectivity index (χ3v) is 2.95. The Morgan fingerprint density at radius 2 is 1.90 bits per heavy atom. The second-order valence-electron chi connectivity index (χ2n) is 4.49. The highest BCUT2D eigenvalue weighted by molar-refractivity contribution is 6.02. The average molecular weight is 275 g/mol. The quantitative estimate of drug-likeness (QED) is 0.746. The highest BCUT2D eigenvalue weighted by atomic mass is 16.1. The molecule has 0 saturated heterocycles. The molecular weight excluding hydrogens is 262 g/mol. The van der Waals surface area contributed by atoms with Crippen molar-refractivity contribution in [2.75, 3.05) is 5.32 Å². The highest BCUT2D eigenvalue weighted by Crippen LogP contribution is 2.15. The van der Waals surface area contributed by atoms with Gasteiger partial charge in [-0.3, -0.25) is 14.8 Å². The molecule has 0 atom stereocenters. The highest BCUT2D eigenvalue weighted by Gasteiger charge is 2.00. The van der Waals surface area contributed by atoms with E-state index in [1.54, 1.807) is 18.5 Å². The van der Waals surface area contributed by atoms with Crippen LogP contribution < -0.4 is 5.32 Å². The van der Waals surface area contributed by atoms with E-state index in [4.69, 9.17) is 0 Å². The zero-order chi connectivity index (χ0) is 14.5. The van der Waals surface area contributed by atoms with Crippen LogP contribution in [-0.2, 0) is 4.79 Å². The van der Waals surface area contributed by atoms with Crippen LogP contribution in [0, 0.1) is 0 Å². The van der Waals surface area contributed by atoms with E-state index in [9.17, 15) is 4.79 Å². The molecule has 0 fully saturated rings. The summed E-state index contributed by atoms with van der Waals surface area (Å²) in [4.78, 5) is 20.3. The molecule has 0 spiro atoms. The summed E-state index contributed by atoms with van der Waals surface area (Å²) < 4.78 is 0. The third kappa shape index (κ3) is 3.30. The molecule has 21 heavy (non-hydrogen) atoms. The molecule has 102 valence electrons. The van der Waals surface area contributed by atoms with Crippen LogP contribution in [0.4, 0.5) is 5.69 Å².